The molecule has 8 heteroatoms. The Morgan fingerprint density at radius 1 is 0.486 bits per heavy atom. The molecule has 0 saturated heterocycles. The van der Waals surface area contributed by atoms with E-state index in [0.29, 0.717) is 56.3 Å². The van der Waals surface area contributed by atoms with Gasteiger partial charge in [-0.15, -0.1) is 0 Å². The number of hydrogen-bond donors (Lipinski definition) is 0. The quantitative estimate of drug-likeness (QED) is 0.0865. The van der Waals surface area contributed by atoms with E-state index in [4.69, 9.17) is 6.57 Å². The van der Waals surface area contributed by atoms with E-state index in [-0.39, 0.29) is 22.2 Å². The lowest BCUT2D eigenvalue weighted by atomic mass is 9.85. The SMILES string of the molecule is [C-]#[N+]c1ccc(N(c2c(F)cc(F)cc2-c2cccc(C(C)(C)C)c2)c2ccc3ccc4c(N(c5ccc(C#N)cc5)c5c(F)cc(F)cc5-c5cccc(C(C)(C)C)c5)ccc5ccc2c3c54)cc1. The largest absolute Gasteiger partial charge is 0.307 e. The maximum atomic E-state index is 17.1. The van der Waals surface area contributed by atoms with Gasteiger partial charge >= 0.3 is 0 Å². The highest BCUT2D eigenvalue weighted by molar-refractivity contribution is 6.28. The Hall–Kier alpha value is -8.46. The molecule has 0 aromatic heterocycles. The highest BCUT2D eigenvalue weighted by atomic mass is 19.1. The van der Waals surface area contributed by atoms with Gasteiger partial charge in [0, 0.05) is 45.4 Å². The van der Waals surface area contributed by atoms with Gasteiger partial charge in [0.15, 0.2) is 17.3 Å². The zero-order valence-corrected chi connectivity index (χ0v) is 39.5. The summed E-state index contributed by atoms with van der Waals surface area (Å²) in [5.41, 5.74) is 6.76. The lowest BCUT2D eigenvalue weighted by Gasteiger charge is -2.31. The third-order valence-electron chi connectivity index (χ3n) is 13.2. The van der Waals surface area contributed by atoms with Gasteiger partial charge in [-0.3, -0.25) is 0 Å². The average molecular weight is 923 g/mol. The summed E-state index contributed by atoms with van der Waals surface area (Å²) in [4.78, 5) is 7.20. The van der Waals surface area contributed by atoms with Gasteiger partial charge in [0.1, 0.15) is 11.6 Å². The van der Waals surface area contributed by atoms with E-state index in [2.05, 4.69) is 52.5 Å². The van der Waals surface area contributed by atoms with Crippen molar-refractivity contribution < 1.29 is 17.6 Å². The van der Waals surface area contributed by atoms with Crippen molar-refractivity contribution in [3.63, 3.8) is 0 Å². The Morgan fingerprint density at radius 3 is 1.30 bits per heavy atom. The van der Waals surface area contributed by atoms with Crippen LogP contribution in [0.4, 0.5) is 57.4 Å². The van der Waals surface area contributed by atoms with Gasteiger partial charge in [0.25, 0.3) is 0 Å². The second-order valence-electron chi connectivity index (χ2n) is 19.8. The summed E-state index contributed by atoms with van der Waals surface area (Å²) in [6.45, 7) is 20.2. The summed E-state index contributed by atoms with van der Waals surface area (Å²) in [6, 6.07) is 51.7. The van der Waals surface area contributed by atoms with Crippen molar-refractivity contribution in [1.82, 2.24) is 0 Å². The standard InChI is InChI=1S/C62H46F4N4/c1-61(2,3)42-12-8-10-40(30-42)51-32-44(63)34-53(65)59(51)69(47-22-14-37(36-67)15-23-47)55-28-18-38-17-27-50-56(29-19-39-16-26-49(55)57(38)58(39)50)70(48-24-20-46(68-7)21-25-48)60-52(33-45(64)35-54(60)66)41-11-9-13-43(31-41)62(4,5)6/h8-35H,1-6H3. The van der Waals surface area contributed by atoms with Gasteiger partial charge in [-0.05, 0) is 115 Å². The molecule has 0 fully saturated rings. The van der Waals surface area contributed by atoms with Crippen LogP contribution in [0.25, 0.3) is 59.4 Å². The number of nitrogens with zero attached hydrogens (tertiary/aromatic N) is 4. The maximum Gasteiger partial charge on any atom is 0.187 e. The molecule has 0 aliphatic rings. The number of nitriles is 1. The first kappa shape index (κ1) is 45.3. The molecular weight excluding hydrogens is 877 g/mol. The van der Waals surface area contributed by atoms with Gasteiger partial charge in [-0.1, -0.05) is 139 Å². The molecule has 0 atom stereocenters. The normalized spacial score (nSPS) is 11.8. The first-order valence-electron chi connectivity index (χ1n) is 23.0. The highest BCUT2D eigenvalue weighted by Gasteiger charge is 2.29. The number of hydrogen-bond acceptors (Lipinski definition) is 3. The number of anilines is 6. The molecule has 0 amide bonds. The summed E-state index contributed by atoms with van der Waals surface area (Å²) < 4.78 is 65.3. The predicted molar refractivity (Wildman–Crippen MR) is 279 cm³/mol. The highest BCUT2D eigenvalue weighted by Crippen LogP contribution is 2.51. The molecule has 0 spiro atoms. The van der Waals surface area contributed by atoms with E-state index in [1.165, 1.54) is 12.1 Å². The Morgan fingerprint density at radius 2 is 0.900 bits per heavy atom. The number of benzene rings is 10. The van der Waals surface area contributed by atoms with E-state index < -0.39 is 23.3 Å². The van der Waals surface area contributed by atoms with Crippen molar-refractivity contribution in [2.75, 3.05) is 9.80 Å². The van der Waals surface area contributed by atoms with Crippen LogP contribution in [0.5, 0.6) is 0 Å². The molecule has 10 rings (SSSR count). The topological polar surface area (TPSA) is 34.6 Å². The second kappa shape index (κ2) is 17.3. The molecule has 0 saturated carbocycles. The third-order valence-corrected chi connectivity index (χ3v) is 13.2. The monoisotopic (exact) mass is 922 g/mol. The van der Waals surface area contributed by atoms with E-state index >= 15 is 17.6 Å². The van der Waals surface area contributed by atoms with Crippen LogP contribution in [0, 0.1) is 41.2 Å². The molecule has 0 radical (unpaired) electrons. The third kappa shape index (κ3) is 8.02. The van der Waals surface area contributed by atoms with Crippen molar-refractivity contribution in [2.24, 2.45) is 0 Å². The fraction of sp³-hybridized carbons (Fsp3) is 0.129. The van der Waals surface area contributed by atoms with Crippen LogP contribution in [0.2, 0.25) is 0 Å². The molecule has 10 aromatic rings. The van der Waals surface area contributed by atoms with Crippen LogP contribution >= 0.6 is 0 Å². The molecule has 70 heavy (non-hydrogen) atoms. The minimum atomic E-state index is -0.779. The first-order chi connectivity index (χ1) is 33.5. The molecule has 0 heterocycles. The van der Waals surface area contributed by atoms with E-state index in [9.17, 15) is 5.26 Å². The van der Waals surface area contributed by atoms with Crippen molar-refractivity contribution in [3.8, 4) is 28.3 Å². The van der Waals surface area contributed by atoms with Gasteiger partial charge < -0.3 is 9.80 Å². The lowest BCUT2D eigenvalue weighted by Crippen LogP contribution is -2.15. The zero-order chi connectivity index (χ0) is 49.2. The summed E-state index contributed by atoms with van der Waals surface area (Å²) in [5, 5.41) is 14.8. The summed E-state index contributed by atoms with van der Waals surface area (Å²) in [7, 11) is 0. The zero-order valence-electron chi connectivity index (χ0n) is 39.5. The van der Waals surface area contributed by atoms with E-state index in [1.807, 2.05) is 97.1 Å². The predicted octanol–water partition coefficient (Wildman–Crippen LogP) is 18.4. The van der Waals surface area contributed by atoms with E-state index in [1.54, 1.807) is 58.3 Å². The average Bonchev–Trinajstić information content (AvgIpc) is 3.34. The fourth-order valence-corrected chi connectivity index (χ4v) is 9.63. The van der Waals surface area contributed by atoms with Crippen LogP contribution in [-0.4, -0.2) is 0 Å². The van der Waals surface area contributed by atoms with Crippen LogP contribution < -0.4 is 9.80 Å². The van der Waals surface area contributed by atoms with Crippen molar-refractivity contribution in [2.45, 2.75) is 52.4 Å². The Bertz CT molecular complexity index is 3510. The Labute approximate surface area is 405 Å². The fourth-order valence-electron chi connectivity index (χ4n) is 9.63. The molecule has 0 bridgehead atoms. The minimum Gasteiger partial charge on any atom is -0.307 e. The van der Waals surface area contributed by atoms with Crippen molar-refractivity contribution >= 4 is 72.1 Å². The molecule has 0 N–H and O–H groups in total. The lowest BCUT2D eigenvalue weighted by molar-refractivity contribution is 0.584. The van der Waals surface area contributed by atoms with Crippen LogP contribution in [0.15, 0.2) is 170 Å². The van der Waals surface area contributed by atoms with Crippen molar-refractivity contribution in [3.05, 3.63) is 221 Å². The van der Waals surface area contributed by atoms with E-state index in [0.717, 1.165) is 55.6 Å². The molecule has 342 valence electrons. The van der Waals surface area contributed by atoms with Crippen LogP contribution in [0.3, 0.4) is 0 Å². The Balaban J connectivity index is 1.26. The molecule has 0 aliphatic heterocycles. The molecule has 4 nitrogen and oxygen atoms in total. The minimum absolute atomic E-state index is 0.122. The summed E-state index contributed by atoms with van der Waals surface area (Å²) in [5.74, 6) is -3.01. The first-order valence-corrected chi connectivity index (χ1v) is 23.0. The van der Waals surface area contributed by atoms with Gasteiger partial charge in [0.2, 0.25) is 0 Å². The Kier molecular flexibility index (Phi) is 11.2. The smallest absolute Gasteiger partial charge is 0.187 e. The van der Waals surface area contributed by atoms with Crippen LogP contribution in [-0.2, 0) is 10.8 Å². The van der Waals surface area contributed by atoms with Gasteiger partial charge in [-0.25, -0.2) is 22.4 Å². The van der Waals surface area contributed by atoms with Gasteiger partial charge in [-0.2, -0.15) is 5.26 Å². The second-order valence-corrected chi connectivity index (χ2v) is 19.8. The molecule has 10 aromatic carbocycles. The number of rotatable bonds is 8. The molecule has 0 aliphatic carbocycles. The van der Waals surface area contributed by atoms with Gasteiger partial charge in [0.05, 0.1) is 41.0 Å². The molecular formula is C62H46F4N4. The number of halogens is 4. The summed E-state index contributed by atoms with van der Waals surface area (Å²) in [6.07, 6.45) is 0. The maximum absolute atomic E-state index is 17.1. The van der Waals surface area contributed by atoms with Crippen molar-refractivity contribution in [1.29, 1.82) is 5.26 Å². The molecule has 0 unspecified atom stereocenters. The van der Waals surface area contributed by atoms with Crippen LogP contribution in [0.1, 0.15) is 58.2 Å². The summed E-state index contributed by atoms with van der Waals surface area (Å²) >= 11 is 0.